The summed E-state index contributed by atoms with van der Waals surface area (Å²) in [5.74, 6) is 1.07. The van der Waals surface area contributed by atoms with Gasteiger partial charge in [-0.25, -0.2) is 0 Å². The van der Waals surface area contributed by atoms with Crippen LogP contribution in [0.3, 0.4) is 0 Å². The Hall–Kier alpha value is -3.26. The van der Waals surface area contributed by atoms with Crippen molar-refractivity contribution < 1.29 is 19.4 Å². The Morgan fingerprint density at radius 3 is 2.05 bits per heavy atom. The van der Waals surface area contributed by atoms with E-state index < -0.39 is 6.10 Å². The highest BCUT2D eigenvalue weighted by Gasteiger charge is 2.33. The number of piperazine rings is 1. The van der Waals surface area contributed by atoms with Crippen LogP contribution in [-0.2, 0) is 0 Å². The van der Waals surface area contributed by atoms with Crippen molar-refractivity contribution in [2.24, 2.45) is 0 Å². The van der Waals surface area contributed by atoms with Gasteiger partial charge in [-0.05, 0) is 54.0 Å². The van der Waals surface area contributed by atoms with Gasteiger partial charge in [0.05, 0.1) is 0 Å². The first-order valence-electron chi connectivity index (χ1n) is 14.8. The topological polar surface area (TPSA) is 73.3 Å². The van der Waals surface area contributed by atoms with Gasteiger partial charge < -0.3 is 9.84 Å². The third kappa shape index (κ3) is 5.78. The van der Waals surface area contributed by atoms with Crippen LogP contribution in [0.15, 0.2) is 60.7 Å². The minimum Gasteiger partial charge on any atom is -0.491 e. The fraction of sp³-hybridized carbons (Fsp3) is 0.455. The molecule has 2 fully saturated rings. The van der Waals surface area contributed by atoms with Gasteiger partial charge in [-0.2, -0.15) is 0 Å². The number of carbonyl (C=O) groups is 2. The molecule has 6 rings (SSSR count). The zero-order valence-corrected chi connectivity index (χ0v) is 23.1. The molecule has 1 N–H and O–H groups in total. The largest absolute Gasteiger partial charge is 0.491 e. The summed E-state index contributed by atoms with van der Waals surface area (Å²) >= 11 is 0. The Bertz CT molecular complexity index is 1290. The van der Waals surface area contributed by atoms with Gasteiger partial charge in [0.2, 0.25) is 0 Å². The number of carbonyl (C=O) groups excluding carboxylic acids is 2. The zero-order chi connectivity index (χ0) is 27.5. The normalized spacial score (nSPS) is 19.8. The van der Waals surface area contributed by atoms with Gasteiger partial charge in [0.15, 0.2) is 0 Å². The van der Waals surface area contributed by atoms with Crippen molar-refractivity contribution in [3.05, 3.63) is 77.4 Å². The second-order valence-corrected chi connectivity index (χ2v) is 11.5. The van der Waals surface area contributed by atoms with E-state index in [4.69, 9.17) is 4.74 Å². The van der Waals surface area contributed by atoms with Crippen molar-refractivity contribution >= 4 is 22.6 Å². The maximum Gasteiger partial charge on any atom is 0.261 e. The van der Waals surface area contributed by atoms with Gasteiger partial charge in [0.25, 0.3) is 11.8 Å². The Kier molecular flexibility index (Phi) is 8.14. The molecule has 0 aromatic heterocycles. The molecule has 7 heteroatoms. The molecule has 1 saturated heterocycles. The lowest BCUT2D eigenvalue weighted by atomic mass is 9.84. The molecular formula is C33H39N3O4. The van der Waals surface area contributed by atoms with Gasteiger partial charge in [-0.15, -0.1) is 0 Å². The van der Waals surface area contributed by atoms with Crippen molar-refractivity contribution in [2.75, 3.05) is 52.4 Å². The number of aliphatic hydroxyl groups excluding tert-OH is 1. The predicted molar refractivity (Wildman–Crippen MR) is 156 cm³/mol. The number of aliphatic hydroxyl groups is 1. The molecule has 210 valence electrons. The second kappa shape index (κ2) is 12.1. The number of hydrogen-bond donors (Lipinski definition) is 1. The fourth-order valence-corrected chi connectivity index (χ4v) is 6.54. The molecule has 2 heterocycles. The van der Waals surface area contributed by atoms with Gasteiger partial charge in [0, 0.05) is 62.3 Å². The lowest BCUT2D eigenvalue weighted by molar-refractivity contribution is 0.0416. The molecule has 1 unspecified atom stereocenters. The van der Waals surface area contributed by atoms with Crippen molar-refractivity contribution in [3.8, 4) is 5.75 Å². The Labute approximate surface area is 236 Å². The van der Waals surface area contributed by atoms with Crippen LogP contribution in [0, 0.1) is 0 Å². The van der Waals surface area contributed by atoms with E-state index >= 15 is 0 Å². The quantitative estimate of drug-likeness (QED) is 0.401. The number of benzene rings is 3. The molecule has 3 aromatic carbocycles. The molecule has 7 nitrogen and oxygen atoms in total. The summed E-state index contributed by atoms with van der Waals surface area (Å²) < 4.78 is 5.89. The lowest BCUT2D eigenvalue weighted by Crippen LogP contribution is -2.51. The summed E-state index contributed by atoms with van der Waals surface area (Å²) in [6.07, 6.45) is 6.02. The zero-order valence-electron chi connectivity index (χ0n) is 23.1. The molecule has 3 aliphatic rings. The fourth-order valence-electron chi connectivity index (χ4n) is 6.54. The van der Waals surface area contributed by atoms with Crippen LogP contribution in [0.4, 0.5) is 0 Å². The third-order valence-corrected chi connectivity index (χ3v) is 8.83. The number of hydrogen-bond acceptors (Lipinski definition) is 6. The summed E-state index contributed by atoms with van der Waals surface area (Å²) in [5.41, 5.74) is 2.62. The summed E-state index contributed by atoms with van der Waals surface area (Å²) in [6.45, 7) is 5.18. The monoisotopic (exact) mass is 541 g/mol. The number of amides is 2. The first kappa shape index (κ1) is 26.9. The van der Waals surface area contributed by atoms with E-state index in [1.807, 2.05) is 48.5 Å². The smallest absolute Gasteiger partial charge is 0.261 e. The molecule has 0 radical (unpaired) electrons. The Morgan fingerprint density at radius 2 is 1.40 bits per heavy atom. The molecule has 0 bridgehead atoms. The minimum atomic E-state index is -0.559. The number of nitrogens with zero attached hydrogens (tertiary/aromatic N) is 3. The van der Waals surface area contributed by atoms with E-state index in [0.29, 0.717) is 36.7 Å². The molecule has 1 aliphatic carbocycles. The van der Waals surface area contributed by atoms with E-state index in [9.17, 15) is 14.7 Å². The summed E-state index contributed by atoms with van der Waals surface area (Å²) in [6, 6.07) is 19.7. The minimum absolute atomic E-state index is 0.209. The Morgan fingerprint density at radius 1 is 0.775 bits per heavy atom. The van der Waals surface area contributed by atoms with Gasteiger partial charge in [0.1, 0.15) is 18.5 Å². The van der Waals surface area contributed by atoms with Crippen molar-refractivity contribution in [1.82, 2.24) is 14.7 Å². The molecular weight excluding hydrogens is 502 g/mol. The molecule has 40 heavy (non-hydrogen) atoms. The average Bonchev–Trinajstić information content (AvgIpc) is 3.00. The van der Waals surface area contributed by atoms with Crippen LogP contribution >= 0.6 is 0 Å². The van der Waals surface area contributed by atoms with E-state index in [0.717, 1.165) is 42.7 Å². The average molecular weight is 542 g/mol. The lowest BCUT2D eigenvalue weighted by Gasteiger charge is -2.36. The molecule has 2 amide bonds. The van der Waals surface area contributed by atoms with Gasteiger partial charge in [-0.1, -0.05) is 55.7 Å². The van der Waals surface area contributed by atoms with Crippen LogP contribution in [0.1, 0.15) is 64.3 Å². The van der Waals surface area contributed by atoms with Crippen LogP contribution < -0.4 is 4.74 Å². The standard InChI is InChI=1S/C33H39N3O4/c37-27(23-40-28-14-12-25(13-15-28)24-6-2-1-3-7-24)22-35-18-16-34(17-19-35)20-21-36-32(38)29-10-4-8-26-9-5-11-30(31(26)29)33(36)39/h4-5,8-15,24,27,37H,1-3,6-7,16-23H2. The van der Waals surface area contributed by atoms with E-state index in [2.05, 4.69) is 21.9 Å². The van der Waals surface area contributed by atoms with Crippen LogP contribution in [0.5, 0.6) is 5.75 Å². The van der Waals surface area contributed by atoms with E-state index in [1.54, 1.807) is 0 Å². The molecule has 1 atom stereocenters. The SMILES string of the molecule is O=C1c2cccc3cccc(c23)C(=O)N1CCN1CCN(CC(O)COc2ccc(C3CCCCC3)cc2)CC1. The highest BCUT2D eigenvalue weighted by Crippen LogP contribution is 2.33. The first-order valence-corrected chi connectivity index (χ1v) is 14.8. The number of imide groups is 1. The second-order valence-electron chi connectivity index (χ2n) is 11.5. The molecule has 2 aliphatic heterocycles. The van der Waals surface area contributed by atoms with Crippen LogP contribution in [0.2, 0.25) is 0 Å². The van der Waals surface area contributed by atoms with Crippen LogP contribution in [0.25, 0.3) is 10.8 Å². The third-order valence-electron chi connectivity index (χ3n) is 8.83. The van der Waals surface area contributed by atoms with Gasteiger partial charge >= 0.3 is 0 Å². The molecule has 3 aromatic rings. The van der Waals surface area contributed by atoms with Crippen molar-refractivity contribution in [2.45, 2.75) is 44.1 Å². The number of rotatable bonds is 9. The number of ether oxygens (including phenoxy) is 1. The highest BCUT2D eigenvalue weighted by molar-refractivity contribution is 6.25. The molecule has 1 saturated carbocycles. The van der Waals surface area contributed by atoms with Crippen LogP contribution in [-0.4, -0.2) is 90.1 Å². The van der Waals surface area contributed by atoms with E-state index in [1.165, 1.54) is 42.6 Å². The first-order chi connectivity index (χ1) is 19.6. The van der Waals surface area contributed by atoms with E-state index in [-0.39, 0.29) is 18.4 Å². The molecule has 0 spiro atoms. The summed E-state index contributed by atoms with van der Waals surface area (Å²) in [5, 5.41) is 12.3. The number of β-amino-alcohol motifs (C(OH)–C–C–N with tert-alkyl or cyclic N) is 1. The van der Waals surface area contributed by atoms with Gasteiger partial charge in [-0.3, -0.25) is 24.3 Å². The maximum absolute atomic E-state index is 13.2. The Balaban J connectivity index is 0.936. The predicted octanol–water partition coefficient (Wildman–Crippen LogP) is 4.54. The van der Waals surface area contributed by atoms with Crippen molar-refractivity contribution in [3.63, 3.8) is 0 Å². The summed E-state index contributed by atoms with van der Waals surface area (Å²) in [7, 11) is 0. The van der Waals surface area contributed by atoms with Crippen molar-refractivity contribution in [1.29, 1.82) is 0 Å². The summed E-state index contributed by atoms with van der Waals surface area (Å²) in [4.78, 5) is 32.2. The maximum atomic E-state index is 13.2. The highest BCUT2D eigenvalue weighted by atomic mass is 16.5.